The van der Waals surface area contributed by atoms with Gasteiger partial charge in [0.25, 0.3) is 5.56 Å². The molecule has 184 valence electrons. The third-order valence-electron chi connectivity index (χ3n) is 6.66. The minimum absolute atomic E-state index is 0.146. The highest BCUT2D eigenvalue weighted by Gasteiger charge is 2.28. The van der Waals surface area contributed by atoms with Crippen LogP contribution >= 0.6 is 0 Å². The third-order valence-corrected chi connectivity index (χ3v) is 6.66. The summed E-state index contributed by atoms with van der Waals surface area (Å²) in [5, 5.41) is 8.84. The highest BCUT2D eigenvalue weighted by molar-refractivity contribution is 5.95. The number of aryl methyl sites for hydroxylation is 2. The molecule has 0 bridgehead atoms. The number of esters is 2. The molecule has 0 saturated heterocycles. The molecule has 2 aromatic heterocycles. The molecule has 3 aromatic carbocycles. The van der Waals surface area contributed by atoms with E-state index in [9.17, 15) is 14.4 Å². The Morgan fingerprint density at radius 1 is 1.05 bits per heavy atom. The molecule has 0 N–H and O–H groups in total. The van der Waals surface area contributed by atoms with Crippen LogP contribution in [0.5, 0.6) is 0 Å². The van der Waals surface area contributed by atoms with Crippen molar-refractivity contribution in [1.29, 1.82) is 0 Å². The van der Waals surface area contributed by atoms with E-state index in [4.69, 9.17) is 9.47 Å². The Bertz CT molecular complexity index is 1770. The molecule has 0 amide bonds. The van der Waals surface area contributed by atoms with E-state index in [1.165, 1.54) is 4.57 Å². The lowest BCUT2D eigenvalue weighted by Crippen LogP contribution is -2.22. The van der Waals surface area contributed by atoms with Crippen LogP contribution in [0.1, 0.15) is 49.3 Å². The van der Waals surface area contributed by atoms with Crippen LogP contribution in [0, 0.1) is 6.92 Å². The third kappa shape index (κ3) is 3.85. The van der Waals surface area contributed by atoms with Crippen molar-refractivity contribution >= 4 is 28.6 Å². The molecule has 0 radical (unpaired) electrons. The molecule has 6 rings (SSSR count). The molecule has 1 atom stereocenters. The Morgan fingerprint density at radius 2 is 1.86 bits per heavy atom. The summed E-state index contributed by atoms with van der Waals surface area (Å²) in [6.07, 6.45) is 0.0406. The summed E-state index contributed by atoms with van der Waals surface area (Å²) >= 11 is 0. The fraction of sp³-hybridized carbons (Fsp3) is 0.179. The number of hydrogen-bond donors (Lipinski definition) is 0. The number of hydrogen-bond acceptors (Lipinski definition) is 7. The zero-order valence-electron chi connectivity index (χ0n) is 20.2. The number of rotatable bonds is 4. The van der Waals surface area contributed by atoms with Gasteiger partial charge in [0.1, 0.15) is 6.10 Å². The van der Waals surface area contributed by atoms with Gasteiger partial charge >= 0.3 is 11.9 Å². The molecule has 0 spiro atoms. The van der Waals surface area contributed by atoms with Gasteiger partial charge in [-0.1, -0.05) is 42.0 Å². The summed E-state index contributed by atoms with van der Waals surface area (Å²) in [7, 11) is 1.63. The van der Waals surface area contributed by atoms with E-state index in [0.29, 0.717) is 40.1 Å². The Balaban J connectivity index is 1.28. The van der Waals surface area contributed by atoms with Crippen molar-refractivity contribution in [2.24, 2.45) is 7.05 Å². The topological polar surface area (TPSA) is 105 Å². The number of ether oxygens (including phenoxy) is 2. The molecule has 0 aliphatic carbocycles. The molecule has 5 aromatic rings. The Labute approximate surface area is 210 Å². The maximum atomic E-state index is 13.0. The quantitative estimate of drug-likeness (QED) is 0.351. The number of benzene rings is 3. The van der Waals surface area contributed by atoms with E-state index in [1.54, 1.807) is 29.6 Å². The lowest BCUT2D eigenvalue weighted by atomic mass is 9.93. The van der Waals surface area contributed by atoms with Crippen LogP contribution in [0.25, 0.3) is 16.7 Å². The smallest absolute Gasteiger partial charge is 0.339 e. The van der Waals surface area contributed by atoms with E-state index in [1.807, 2.05) is 55.5 Å². The van der Waals surface area contributed by atoms with Crippen LogP contribution in [0.4, 0.5) is 0 Å². The first-order valence-electron chi connectivity index (χ1n) is 11.8. The molecular formula is C28H22N4O5. The lowest BCUT2D eigenvalue weighted by Gasteiger charge is -2.25. The number of cyclic esters (lactones) is 1. The maximum absolute atomic E-state index is 13.0. The van der Waals surface area contributed by atoms with Crippen molar-refractivity contribution < 1.29 is 19.1 Å². The van der Waals surface area contributed by atoms with Crippen molar-refractivity contribution in [2.75, 3.05) is 0 Å². The molecule has 0 saturated carbocycles. The van der Waals surface area contributed by atoms with Gasteiger partial charge in [0, 0.05) is 13.5 Å². The van der Waals surface area contributed by atoms with Crippen molar-refractivity contribution in [1.82, 2.24) is 19.2 Å². The first kappa shape index (κ1) is 22.7. The normalized spacial score (nSPS) is 15.0. The summed E-state index contributed by atoms with van der Waals surface area (Å²) < 4.78 is 14.3. The predicted molar refractivity (Wildman–Crippen MR) is 134 cm³/mol. The average molecular weight is 495 g/mol. The molecule has 9 nitrogen and oxygen atoms in total. The second kappa shape index (κ2) is 8.70. The summed E-state index contributed by atoms with van der Waals surface area (Å²) in [6, 6.07) is 19.9. The van der Waals surface area contributed by atoms with Crippen LogP contribution in [0.15, 0.2) is 71.5 Å². The first-order valence-corrected chi connectivity index (χ1v) is 11.8. The molecule has 1 aliphatic heterocycles. The fourth-order valence-electron chi connectivity index (χ4n) is 4.74. The van der Waals surface area contributed by atoms with Gasteiger partial charge in [-0.3, -0.25) is 13.8 Å². The van der Waals surface area contributed by atoms with Crippen molar-refractivity contribution in [3.63, 3.8) is 0 Å². The minimum atomic E-state index is -0.556. The van der Waals surface area contributed by atoms with Gasteiger partial charge in [-0.05, 0) is 48.4 Å². The fourth-order valence-corrected chi connectivity index (χ4v) is 4.74. The van der Waals surface area contributed by atoms with Crippen LogP contribution in [0.2, 0.25) is 0 Å². The number of carbonyl (C=O) groups excluding carboxylic acids is 2. The first-order chi connectivity index (χ1) is 17.9. The van der Waals surface area contributed by atoms with E-state index >= 15 is 0 Å². The van der Waals surface area contributed by atoms with Crippen molar-refractivity contribution in [3.8, 4) is 0 Å². The molecule has 3 heterocycles. The van der Waals surface area contributed by atoms with E-state index in [0.717, 1.165) is 16.7 Å². The molecule has 37 heavy (non-hydrogen) atoms. The van der Waals surface area contributed by atoms with Crippen molar-refractivity contribution in [2.45, 2.75) is 26.1 Å². The van der Waals surface area contributed by atoms with Gasteiger partial charge in [0.15, 0.2) is 12.4 Å². The van der Waals surface area contributed by atoms with E-state index in [-0.39, 0.29) is 12.2 Å². The van der Waals surface area contributed by atoms with E-state index in [2.05, 4.69) is 10.2 Å². The zero-order valence-corrected chi connectivity index (χ0v) is 20.2. The predicted octanol–water partition coefficient (Wildman–Crippen LogP) is 3.70. The summed E-state index contributed by atoms with van der Waals surface area (Å²) in [5.41, 5.74) is 3.80. The summed E-state index contributed by atoms with van der Waals surface area (Å²) in [4.78, 5) is 38.3. The zero-order chi connectivity index (χ0) is 25.7. The van der Waals surface area contributed by atoms with Gasteiger partial charge in [0.2, 0.25) is 5.78 Å². The number of aromatic nitrogens is 4. The van der Waals surface area contributed by atoms with Crippen LogP contribution in [0.3, 0.4) is 0 Å². The highest BCUT2D eigenvalue weighted by Crippen LogP contribution is 2.31. The molecular weight excluding hydrogens is 472 g/mol. The highest BCUT2D eigenvalue weighted by atomic mass is 16.5. The van der Waals surface area contributed by atoms with Gasteiger partial charge in [-0.15, -0.1) is 10.2 Å². The summed E-state index contributed by atoms with van der Waals surface area (Å²) in [6.45, 7) is 1.77. The van der Waals surface area contributed by atoms with Gasteiger partial charge in [-0.25, -0.2) is 9.59 Å². The molecule has 1 unspecified atom stereocenters. The second-order valence-corrected chi connectivity index (χ2v) is 9.09. The standard InChI is InChI=1S/C28H22N4O5/c1-16-8-11-22-21(12-16)25(33)31(2)28-30-29-24(32(22)28)15-36-26(34)18-9-10-20-19(13-18)14-23(37-27(20)35)17-6-4-3-5-7-17/h3-13,23H,14-15H2,1-2H3. The number of fused-ring (bicyclic) bond motifs is 4. The van der Waals surface area contributed by atoms with Gasteiger partial charge in [0.05, 0.1) is 22.0 Å². The van der Waals surface area contributed by atoms with Gasteiger partial charge in [-0.2, -0.15) is 0 Å². The van der Waals surface area contributed by atoms with Crippen LogP contribution in [-0.2, 0) is 29.5 Å². The Kier molecular flexibility index (Phi) is 5.33. The second-order valence-electron chi connectivity index (χ2n) is 9.09. The monoisotopic (exact) mass is 494 g/mol. The number of carbonyl (C=O) groups is 2. The van der Waals surface area contributed by atoms with Gasteiger partial charge < -0.3 is 9.47 Å². The SMILES string of the molecule is Cc1ccc2c(c1)c(=O)n(C)c1nnc(COC(=O)c3ccc4c(c3)CC(c3ccccc3)OC4=O)n21. The Hall–Kier alpha value is -4.79. The molecule has 9 heteroatoms. The maximum Gasteiger partial charge on any atom is 0.339 e. The number of nitrogens with zero attached hydrogens (tertiary/aromatic N) is 4. The van der Waals surface area contributed by atoms with Crippen molar-refractivity contribution in [3.05, 3.63) is 111 Å². The average Bonchev–Trinajstić information content (AvgIpc) is 3.34. The minimum Gasteiger partial charge on any atom is -0.454 e. The molecule has 1 aliphatic rings. The lowest BCUT2D eigenvalue weighted by molar-refractivity contribution is 0.0251. The van der Waals surface area contributed by atoms with Crippen LogP contribution in [-0.4, -0.2) is 31.1 Å². The largest absolute Gasteiger partial charge is 0.454 e. The van der Waals surface area contributed by atoms with Crippen LogP contribution < -0.4 is 5.56 Å². The molecule has 0 fully saturated rings. The van der Waals surface area contributed by atoms with E-state index < -0.39 is 18.0 Å². The Morgan fingerprint density at radius 3 is 2.68 bits per heavy atom. The summed E-state index contributed by atoms with van der Waals surface area (Å²) in [5.74, 6) is -0.234.